The molecule has 1 aliphatic carbocycles. The van der Waals surface area contributed by atoms with Gasteiger partial charge < -0.3 is 14.6 Å². The van der Waals surface area contributed by atoms with Crippen molar-refractivity contribution >= 4 is 5.97 Å². The summed E-state index contributed by atoms with van der Waals surface area (Å²) in [6, 6.07) is 0. The summed E-state index contributed by atoms with van der Waals surface area (Å²) in [6.45, 7) is 14.1. The van der Waals surface area contributed by atoms with Crippen molar-refractivity contribution in [1.29, 1.82) is 0 Å². The Balaban J connectivity index is 2.10. The monoisotopic (exact) mass is 336 g/mol. The minimum atomic E-state index is -0.785. The Morgan fingerprint density at radius 2 is 1.96 bits per heavy atom. The zero-order chi connectivity index (χ0) is 18.0. The summed E-state index contributed by atoms with van der Waals surface area (Å²) in [6.07, 6.45) is 5.20. The maximum absolute atomic E-state index is 12.3. The van der Waals surface area contributed by atoms with Crippen molar-refractivity contribution in [3.63, 3.8) is 0 Å². The molecule has 0 amide bonds. The molecule has 3 fully saturated rings. The molecule has 4 nitrogen and oxygen atoms in total. The van der Waals surface area contributed by atoms with Crippen LogP contribution in [0.4, 0.5) is 0 Å². The molecule has 0 radical (unpaired) electrons. The second-order valence-corrected chi connectivity index (χ2v) is 9.39. The van der Waals surface area contributed by atoms with Crippen molar-refractivity contribution < 1.29 is 19.4 Å². The number of hydrogen-bond donors (Lipinski definition) is 1. The molecule has 2 aliphatic heterocycles. The molecule has 136 valence electrons. The molecule has 1 saturated carbocycles. The largest absolute Gasteiger partial charge is 0.462 e. The zero-order valence-electron chi connectivity index (χ0n) is 15.7. The molecular formula is C20H32O4. The standard InChI is InChI=1S/C20H32O4/c1-7-18(4)12-13-16-19(5,10-9-15(21)23-13)14(17(2,3)22)8-11-20(16,6)24-18/h7,13-14,16,22H,1,8-12H2,2-6H3. The van der Waals surface area contributed by atoms with Crippen LogP contribution in [0.1, 0.15) is 66.7 Å². The van der Waals surface area contributed by atoms with Crippen LogP contribution in [-0.4, -0.2) is 34.0 Å². The van der Waals surface area contributed by atoms with Crippen molar-refractivity contribution in [1.82, 2.24) is 0 Å². The van der Waals surface area contributed by atoms with E-state index >= 15 is 0 Å². The van der Waals surface area contributed by atoms with Gasteiger partial charge in [-0.2, -0.15) is 0 Å². The lowest BCUT2D eigenvalue weighted by molar-refractivity contribution is -0.279. The van der Waals surface area contributed by atoms with Crippen molar-refractivity contribution in [2.45, 2.75) is 89.6 Å². The van der Waals surface area contributed by atoms with Crippen LogP contribution in [0.25, 0.3) is 0 Å². The minimum absolute atomic E-state index is 0.0923. The first kappa shape index (κ1) is 17.9. The predicted octanol–water partition coefficient (Wildman–Crippen LogP) is 3.62. The van der Waals surface area contributed by atoms with E-state index in [1.54, 1.807) is 0 Å². The van der Waals surface area contributed by atoms with Crippen LogP contribution in [0.15, 0.2) is 12.7 Å². The van der Waals surface area contributed by atoms with Crippen LogP contribution in [0.3, 0.4) is 0 Å². The fourth-order valence-corrected chi connectivity index (χ4v) is 6.18. The number of ether oxygens (including phenoxy) is 2. The molecule has 0 bridgehead atoms. The highest BCUT2D eigenvalue weighted by molar-refractivity contribution is 5.70. The number of esters is 1. The fraction of sp³-hybridized carbons (Fsp3) is 0.850. The second kappa shape index (κ2) is 5.31. The molecule has 2 saturated heterocycles. The van der Waals surface area contributed by atoms with Crippen LogP contribution in [0, 0.1) is 17.3 Å². The summed E-state index contributed by atoms with van der Waals surface area (Å²) in [4.78, 5) is 12.3. The van der Waals surface area contributed by atoms with E-state index in [1.807, 2.05) is 26.8 Å². The Hall–Kier alpha value is -0.870. The van der Waals surface area contributed by atoms with E-state index in [-0.39, 0.29) is 34.9 Å². The Bertz CT molecular complexity index is 550. The fourth-order valence-electron chi connectivity index (χ4n) is 6.18. The summed E-state index contributed by atoms with van der Waals surface area (Å²) < 4.78 is 12.5. The Kier molecular flexibility index (Phi) is 3.97. The number of aliphatic hydroxyl groups is 1. The van der Waals surface area contributed by atoms with E-state index in [4.69, 9.17) is 9.47 Å². The van der Waals surface area contributed by atoms with Crippen LogP contribution >= 0.6 is 0 Å². The van der Waals surface area contributed by atoms with Gasteiger partial charge in [0, 0.05) is 18.8 Å². The highest BCUT2D eigenvalue weighted by Crippen LogP contribution is 2.62. The van der Waals surface area contributed by atoms with Gasteiger partial charge in [-0.05, 0) is 58.3 Å². The molecule has 0 aromatic carbocycles. The van der Waals surface area contributed by atoms with Gasteiger partial charge in [0.2, 0.25) is 0 Å². The lowest BCUT2D eigenvalue weighted by atomic mass is 9.49. The Morgan fingerprint density at radius 1 is 1.29 bits per heavy atom. The lowest BCUT2D eigenvalue weighted by Crippen LogP contribution is -2.66. The third-order valence-electron chi connectivity index (χ3n) is 6.97. The van der Waals surface area contributed by atoms with Gasteiger partial charge in [-0.1, -0.05) is 13.0 Å². The average molecular weight is 336 g/mol. The molecule has 0 aromatic rings. The normalized spacial score (nSPS) is 48.9. The van der Waals surface area contributed by atoms with Gasteiger partial charge in [0.15, 0.2) is 0 Å². The van der Waals surface area contributed by atoms with Crippen molar-refractivity contribution in [2.75, 3.05) is 0 Å². The minimum Gasteiger partial charge on any atom is -0.462 e. The zero-order valence-corrected chi connectivity index (χ0v) is 15.7. The summed E-state index contributed by atoms with van der Waals surface area (Å²) in [5, 5.41) is 10.8. The maximum Gasteiger partial charge on any atom is 0.306 e. The van der Waals surface area contributed by atoms with E-state index < -0.39 is 11.2 Å². The third-order valence-corrected chi connectivity index (χ3v) is 6.97. The molecule has 24 heavy (non-hydrogen) atoms. The number of carbonyl (C=O) groups excluding carboxylic acids is 1. The number of rotatable bonds is 2. The van der Waals surface area contributed by atoms with Crippen LogP contribution in [0.5, 0.6) is 0 Å². The lowest BCUT2D eigenvalue weighted by Gasteiger charge is -2.63. The third kappa shape index (κ3) is 2.62. The number of hydrogen-bond acceptors (Lipinski definition) is 4. The summed E-state index contributed by atoms with van der Waals surface area (Å²) in [5.41, 5.74) is -1.83. The molecule has 0 spiro atoms. The Morgan fingerprint density at radius 3 is 2.54 bits per heavy atom. The Labute approximate surface area is 145 Å². The summed E-state index contributed by atoms with van der Waals surface area (Å²) >= 11 is 0. The molecule has 0 aromatic heterocycles. The van der Waals surface area contributed by atoms with Gasteiger partial charge in [-0.3, -0.25) is 4.79 Å². The molecule has 3 rings (SSSR count). The molecule has 2 heterocycles. The smallest absolute Gasteiger partial charge is 0.306 e. The van der Waals surface area contributed by atoms with Crippen LogP contribution < -0.4 is 0 Å². The first-order valence-corrected chi connectivity index (χ1v) is 9.19. The van der Waals surface area contributed by atoms with Gasteiger partial charge in [-0.15, -0.1) is 6.58 Å². The highest BCUT2D eigenvalue weighted by Gasteiger charge is 2.65. The molecular weight excluding hydrogens is 304 g/mol. The molecule has 4 heteroatoms. The quantitative estimate of drug-likeness (QED) is 0.618. The van der Waals surface area contributed by atoms with Crippen molar-refractivity contribution in [2.24, 2.45) is 17.3 Å². The van der Waals surface area contributed by atoms with Crippen molar-refractivity contribution in [3.05, 3.63) is 12.7 Å². The van der Waals surface area contributed by atoms with E-state index in [0.717, 1.165) is 19.3 Å². The van der Waals surface area contributed by atoms with E-state index in [1.165, 1.54) is 0 Å². The highest BCUT2D eigenvalue weighted by atomic mass is 16.6. The molecule has 1 N–H and O–H groups in total. The van der Waals surface area contributed by atoms with Gasteiger partial charge >= 0.3 is 5.97 Å². The predicted molar refractivity (Wildman–Crippen MR) is 92.4 cm³/mol. The average Bonchev–Trinajstić information content (AvgIpc) is 2.54. The van der Waals surface area contributed by atoms with Gasteiger partial charge in [0.1, 0.15) is 6.10 Å². The van der Waals surface area contributed by atoms with Gasteiger partial charge in [0.25, 0.3) is 0 Å². The first-order valence-electron chi connectivity index (χ1n) is 9.19. The SMILES string of the molecule is C=CC1(C)CC2OC(=O)CCC3(C)C(C(C)(C)O)CCC(C)(O1)C23. The molecule has 6 atom stereocenters. The van der Waals surface area contributed by atoms with Gasteiger partial charge in [0.05, 0.1) is 16.8 Å². The second-order valence-electron chi connectivity index (χ2n) is 9.39. The van der Waals surface area contributed by atoms with E-state index in [2.05, 4.69) is 20.4 Å². The van der Waals surface area contributed by atoms with Crippen LogP contribution in [-0.2, 0) is 14.3 Å². The maximum atomic E-state index is 12.3. The van der Waals surface area contributed by atoms with E-state index in [0.29, 0.717) is 12.8 Å². The van der Waals surface area contributed by atoms with Crippen molar-refractivity contribution in [3.8, 4) is 0 Å². The summed E-state index contributed by atoms with van der Waals surface area (Å²) in [7, 11) is 0. The van der Waals surface area contributed by atoms with E-state index in [9.17, 15) is 9.90 Å². The van der Waals surface area contributed by atoms with Crippen LogP contribution in [0.2, 0.25) is 0 Å². The molecule has 6 unspecified atom stereocenters. The number of carbonyl (C=O) groups is 1. The topological polar surface area (TPSA) is 55.8 Å². The first-order chi connectivity index (χ1) is 10.9. The molecule has 3 aliphatic rings. The summed E-state index contributed by atoms with van der Waals surface area (Å²) in [5.74, 6) is 0.0900. The van der Waals surface area contributed by atoms with Gasteiger partial charge in [-0.25, -0.2) is 0 Å².